The summed E-state index contributed by atoms with van der Waals surface area (Å²) in [7, 11) is -0.270. The number of hydrogen-bond acceptors (Lipinski definition) is 19. The van der Waals surface area contributed by atoms with Gasteiger partial charge in [0.05, 0.1) is 17.5 Å². The number of amides is 7. The Morgan fingerprint density at radius 1 is 0.798 bits per heavy atom. The number of aliphatic hydroxyl groups is 1. The van der Waals surface area contributed by atoms with Crippen LogP contribution in [0.2, 0.25) is 5.02 Å². The van der Waals surface area contributed by atoms with Crippen molar-refractivity contribution < 1.29 is 126 Å². The molecular formula is C55H54ClN8O15S3WY-3. The number of likely N-dealkylation sites (N-methyl/N-ethyl adjacent to an activating group) is 1. The van der Waals surface area contributed by atoms with Gasteiger partial charge in [0.2, 0.25) is 41.4 Å². The summed E-state index contributed by atoms with van der Waals surface area (Å²) in [5, 5.41) is 64.1. The maximum Gasteiger partial charge on any atom is 0.248 e. The number of halogens is 1. The van der Waals surface area contributed by atoms with Gasteiger partial charge in [-0.2, -0.15) is 12.1 Å². The van der Waals surface area contributed by atoms with Crippen LogP contribution in [0.25, 0.3) is 11.1 Å². The monoisotopic (exact) mass is 1470 g/mol. The van der Waals surface area contributed by atoms with Crippen molar-refractivity contribution in [2.45, 2.75) is 95.0 Å². The van der Waals surface area contributed by atoms with E-state index >= 15 is 9.59 Å². The van der Waals surface area contributed by atoms with Crippen LogP contribution in [0.1, 0.15) is 96.0 Å². The Labute approximate surface area is 536 Å². The van der Waals surface area contributed by atoms with Gasteiger partial charge in [-0.25, -0.2) is 37.0 Å². The van der Waals surface area contributed by atoms with Crippen LogP contribution in [0.4, 0.5) is 0 Å². The van der Waals surface area contributed by atoms with Gasteiger partial charge < -0.3 is 81.8 Å². The van der Waals surface area contributed by atoms with Gasteiger partial charge in [0, 0.05) is 87.9 Å². The third-order valence-corrected chi connectivity index (χ3v) is 15.0. The molecule has 0 saturated carbocycles. The number of aliphatic hydroxyl groups excluding tert-OH is 1. The molecule has 0 fully saturated rings. The van der Waals surface area contributed by atoms with Gasteiger partial charge in [0.25, 0.3) is 0 Å². The van der Waals surface area contributed by atoms with Crippen molar-refractivity contribution in [3.63, 3.8) is 0 Å². The van der Waals surface area contributed by atoms with Crippen LogP contribution >= 0.6 is 11.6 Å². The van der Waals surface area contributed by atoms with Crippen LogP contribution in [0.15, 0.2) is 72.8 Å². The molecule has 29 heteroatoms. The van der Waals surface area contributed by atoms with Crippen molar-refractivity contribution in [1.82, 2.24) is 37.2 Å². The second-order valence-corrected chi connectivity index (χ2v) is 23.4. The first-order valence-electron chi connectivity index (χ1n) is 25.2. The molecule has 0 spiro atoms. The number of hydrogen-bond donors (Lipinski definition) is 12. The molecule has 1 radical (unpaired) electrons. The first-order valence-corrected chi connectivity index (χ1v) is 28.6. The zero-order valence-corrected chi connectivity index (χ0v) is 54.0. The zero-order chi connectivity index (χ0) is 59.6. The van der Waals surface area contributed by atoms with Gasteiger partial charge in [-0.3, -0.25) is 33.6 Å². The smallest absolute Gasteiger partial charge is 0.248 e. The van der Waals surface area contributed by atoms with E-state index in [-0.39, 0.29) is 138 Å². The van der Waals surface area contributed by atoms with E-state index in [1.807, 2.05) is 13.8 Å². The van der Waals surface area contributed by atoms with Crippen LogP contribution in [0.3, 0.4) is 0 Å². The number of rotatable bonds is 10. The molecule has 11 bridgehead atoms. The van der Waals surface area contributed by atoms with E-state index in [1.165, 1.54) is 74.6 Å². The number of carbonyl (C=O) groups is 7. The fraction of sp³-hybridized carbons (Fsp3) is 0.309. The topological polar surface area (TPSA) is 355 Å². The minimum absolute atomic E-state index is 0. The van der Waals surface area contributed by atoms with Gasteiger partial charge in [0.1, 0.15) is 70.8 Å². The van der Waals surface area contributed by atoms with Gasteiger partial charge in [-0.05, 0) is 104 Å². The summed E-state index contributed by atoms with van der Waals surface area (Å²) in [5.41, 5.74) is 4.76. The number of fused-ring (bicyclic) bond motifs is 15. The summed E-state index contributed by atoms with van der Waals surface area (Å²) in [6, 6.07) is 5.97. The molecule has 0 aromatic heterocycles. The van der Waals surface area contributed by atoms with Crippen LogP contribution in [0, 0.1) is 25.8 Å². The standard InChI is InChI=1S/C55H54ClN8O15S3.W.Y/c1-22(2)14-33(58-5)50(71)63-45-48(70)27-9-13-38(32(56)16-27)78-40-18-28-17-39(24(40)4)77-29-10-6-25(7-11-29)49(79-82(80)81)46-55(76)60-35(21-65)30-19-37(67)23(3)47(69)42(30)31-15-26(8-12-36(31)66)43(52(73)64-46)62-53(74)44(28)61-51(72)34(20-41(57)68)59-54(45)75;;/h6-10,12-13,15-19,22,33-35,43-46,48-49,58,66-67,69-70H,14,20H2,1-5H3,(H2,57,68)(H,59,75)(H,60,76)(H,61,72)(H,62,74)(H,63,71)(H,64,73);;/q-3;;. The van der Waals surface area contributed by atoms with Crippen molar-refractivity contribution in [3.8, 4) is 51.4 Å². The molecule has 9 unspecified atom stereocenters. The van der Waals surface area contributed by atoms with E-state index in [0.717, 1.165) is 12.1 Å². The molecule has 23 nitrogen and oxygen atoms in total. The summed E-state index contributed by atoms with van der Waals surface area (Å²) in [5.74, 6) is -9.70. The van der Waals surface area contributed by atoms with Crippen LogP contribution in [-0.4, -0.2) is 99.3 Å². The molecule has 10 rings (SSSR count). The summed E-state index contributed by atoms with van der Waals surface area (Å²) in [4.78, 5) is 115. The number of aromatic hydroxyl groups is 3. The Kier molecular flexibility index (Phi) is 22.6. The molecular weight excluding hydrogens is 1420 g/mol. The largest absolute Gasteiger partial charge is 0.540 e. The first-order chi connectivity index (χ1) is 38.9. The maximum absolute atomic E-state index is 15.6. The van der Waals surface area contributed by atoms with E-state index in [1.54, 1.807) is 13.2 Å². The minimum atomic E-state index is -2.01. The van der Waals surface area contributed by atoms with Crippen molar-refractivity contribution in [1.29, 1.82) is 0 Å². The number of phenolic OH excluding ortho intramolecular Hbond substituents is 3. The fourth-order valence-corrected chi connectivity index (χ4v) is 10.7. The molecule has 5 aromatic rings. The van der Waals surface area contributed by atoms with Crippen molar-refractivity contribution in [2.24, 2.45) is 11.7 Å². The van der Waals surface area contributed by atoms with Crippen LogP contribution in [0.5, 0.6) is 40.2 Å². The molecule has 441 valence electrons. The summed E-state index contributed by atoms with van der Waals surface area (Å²) >= 11 is 17.4. The Bertz CT molecular complexity index is 3520. The second-order valence-electron chi connectivity index (χ2n) is 19.9. The number of carbonyl (C=O) groups excluding carboxylic acids is 8. The molecule has 5 aliphatic heterocycles. The Balaban J connectivity index is 0.00000566. The number of phenols is 3. The van der Waals surface area contributed by atoms with Gasteiger partial charge in [-0.1, -0.05) is 37.6 Å². The quantitative estimate of drug-likeness (QED) is 0.0706. The normalized spacial score (nSPS) is 21.7. The Hall–Kier alpha value is -6.19. The van der Waals surface area contributed by atoms with Crippen molar-refractivity contribution >= 4 is 89.9 Å². The molecule has 5 aliphatic rings. The summed E-state index contributed by atoms with van der Waals surface area (Å²) < 4.78 is 18.8. The number of nitrogens with one attached hydrogen (secondary N) is 7. The summed E-state index contributed by atoms with van der Waals surface area (Å²) in [6.45, 7) is 6.64. The fourth-order valence-electron chi connectivity index (χ4n) is 9.57. The van der Waals surface area contributed by atoms with E-state index < -0.39 is 128 Å². The summed E-state index contributed by atoms with van der Waals surface area (Å²) in [6.07, 6.45) is -2.40. The van der Waals surface area contributed by atoms with Crippen LogP contribution < -0.4 is 52.4 Å². The minimum Gasteiger partial charge on any atom is -0.540 e. The zero-order valence-electron chi connectivity index (χ0n) is 45.1. The molecule has 0 saturated heterocycles. The molecule has 84 heavy (non-hydrogen) atoms. The third kappa shape index (κ3) is 14.7. The molecule has 0 aliphatic carbocycles. The van der Waals surface area contributed by atoms with Gasteiger partial charge in [-0.15, -0.1) is 17.7 Å². The number of nitrogens with two attached hydrogens (primary N) is 1. The van der Waals surface area contributed by atoms with Gasteiger partial charge >= 0.3 is 0 Å². The molecule has 5 heterocycles. The Morgan fingerprint density at radius 2 is 1.44 bits per heavy atom. The van der Waals surface area contributed by atoms with Crippen molar-refractivity contribution in [2.75, 3.05) is 7.05 Å². The van der Waals surface area contributed by atoms with Crippen molar-refractivity contribution in [3.05, 3.63) is 123 Å². The predicted octanol–water partition coefficient (Wildman–Crippen LogP) is 2.96. The maximum atomic E-state index is 15.6. The van der Waals surface area contributed by atoms with Gasteiger partial charge in [0.15, 0.2) is 0 Å². The average Bonchev–Trinajstić information content (AvgIpc) is 2.71. The molecule has 5 aromatic carbocycles. The van der Waals surface area contributed by atoms with Crippen LogP contribution in [-0.2, 0) is 127 Å². The number of benzene rings is 5. The molecule has 9 atom stereocenters. The van der Waals surface area contributed by atoms with E-state index in [4.69, 9.17) is 53.4 Å². The SMILES string of the molecule is CNC(CC(C)C)C(=O)NC1C(=O)NC(CC(N)=O)C(=O)NC2C(=O)NC3C(=O)NC(C(=O)NC([C-]=O)c4cc(O)c(C)c(O)c4-c4cc3ccc4O)C(O[S-](=S)=S)c3c[c-]c(cc3)Oc3cc2cc(c3C)Oc2ccc(cc2Cl)C1O.[W].[Y]. The predicted molar refractivity (Wildman–Crippen MR) is 301 cm³/mol. The Morgan fingerprint density at radius 3 is 2.06 bits per heavy atom. The molecule has 13 N–H and O–H groups in total. The first kappa shape index (κ1) is 66.9. The third-order valence-electron chi connectivity index (χ3n) is 13.9. The number of primary amides is 1. The second kappa shape index (κ2) is 28.3. The van der Waals surface area contributed by atoms with E-state index in [0.29, 0.717) is 6.42 Å². The average molecular weight is 1470 g/mol. The number of ether oxygens (including phenoxy) is 2. The van der Waals surface area contributed by atoms with E-state index in [9.17, 15) is 49.2 Å². The van der Waals surface area contributed by atoms with E-state index in [2.05, 4.69) is 43.3 Å². The molecule has 7 amide bonds.